The number of carbonyl (C=O) groups excluding carboxylic acids is 1. The first-order valence-electron chi connectivity index (χ1n) is 11.1. The lowest BCUT2D eigenvalue weighted by molar-refractivity contribution is -0.116. The minimum atomic E-state index is -0.530. The molecule has 1 N–H and O–H groups in total. The zero-order chi connectivity index (χ0) is 24.4. The molecule has 0 radical (unpaired) electrons. The van der Waals surface area contributed by atoms with Crippen LogP contribution in [0.5, 0.6) is 5.88 Å². The van der Waals surface area contributed by atoms with Crippen LogP contribution in [-0.2, 0) is 11.2 Å². The summed E-state index contributed by atoms with van der Waals surface area (Å²) in [6, 6.07) is 12.2. The first kappa shape index (κ1) is 23.7. The van der Waals surface area contributed by atoms with Gasteiger partial charge in [0.15, 0.2) is 5.65 Å². The highest BCUT2D eigenvalue weighted by Crippen LogP contribution is 2.32. The standard InChI is InChI=1S/C26H26ClFN4O2/c1-5-34-26-20(10-12-23(33)29-18-9-11-22(28)21(27)14-18)16(3)24-17(4)31-32(25(24)30-26)19-8-6-7-15(2)13-19/h6-9,11,13-14H,5,10,12H2,1-4H3,(H,29,33). The van der Waals surface area contributed by atoms with Crippen LogP contribution < -0.4 is 10.1 Å². The molecule has 0 atom stereocenters. The van der Waals surface area contributed by atoms with E-state index in [0.717, 1.165) is 39.1 Å². The second-order valence-corrected chi connectivity index (χ2v) is 8.57. The molecule has 0 bridgehead atoms. The summed E-state index contributed by atoms with van der Waals surface area (Å²) < 4.78 is 21.1. The van der Waals surface area contributed by atoms with Gasteiger partial charge in [-0.3, -0.25) is 4.79 Å². The Morgan fingerprint density at radius 2 is 1.97 bits per heavy atom. The molecule has 0 fully saturated rings. The monoisotopic (exact) mass is 480 g/mol. The summed E-state index contributed by atoms with van der Waals surface area (Å²) in [5.41, 5.74) is 5.94. The molecule has 8 heteroatoms. The third-order valence-electron chi connectivity index (χ3n) is 5.66. The van der Waals surface area contributed by atoms with Gasteiger partial charge >= 0.3 is 0 Å². The molecule has 34 heavy (non-hydrogen) atoms. The van der Waals surface area contributed by atoms with E-state index in [1.807, 2.05) is 50.6 Å². The van der Waals surface area contributed by atoms with E-state index < -0.39 is 5.82 Å². The zero-order valence-electron chi connectivity index (χ0n) is 19.6. The molecule has 2 aromatic heterocycles. The average molecular weight is 481 g/mol. The number of pyridine rings is 1. The fraction of sp³-hybridized carbons (Fsp3) is 0.269. The van der Waals surface area contributed by atoms with E-state index in [1.165, 1.54) is 18.2 Å². The number of anilines is 1. The summed E-state index contributed by atoms with van der Waals surface area (Å²) in [7, 11) is 0. The third-order valence-corrected chi connectivity index (χ3v) is 5.95. The first-order chi connectivity index (χ1) is 16.3. The van der Waals surface area contributed by atoms with Gasteiger partial charge in [-0.25, -0.2) is 9.07 Å². The summed E-state index contributed by atoms with van der Waals surface area (Å²) in [6.45, 7) is 8.35. The summed E-state index contributed by atoms with van der Waals surface area (Å²) in [5.74, 6) is -0.242. The number of benzene rings is 2. The second kappa shape index (κ2) is 9.81. The van der Waals surface area contributed by atoms with Crippen molar-refractivity contribution in [3.8, 4) is 11.6 Å². The molecule has 0 aliphatic rings. The molecule has 0 saturated carbocycles. The zero-order valence-corrected chi connectivity index (χ0v) is 20.3. The largest absolute Gasteiger partial charge is 0.478 e. The molecule has 0 aliphatic carbocycles. The van der Waals surface area contributed by atoms with Crippen molar-refractivity contribution in [1.29, 1.82) is 0 Å². The predicted molar refractivity (Wildman–Crippen MR) is 133 cm³/mol. The summed E-state index contributed by atoms with van der Waals surface area (Å²) in [5, 5.41) is 8.42. The lowest BCUT2D eigenvalue weighted by atomic mass is 10.0. The number of hydrogen-bond donors (Lipinski definition) is 1. The molecule has 6 nitrogen and oxygen atoms in total. The highest BCUT2D eigenvalue weighted by atomic mass is 35.5. The van der Waals surface area contributed by atoms with Crippen molar-refractivity contribution in [3.63, 3.8) is 0 Å². The average Bonchev–Trinajstić information content (AvgIpc) is 3.12. The van der Waals surface area contributed by atoms with Crippen LogP contribution in [0, 0.1) is 26.6 Å². The molecule has 0 aliphatic heterocycles. The maximum atomic E-state index is 13.4. The molecule has 2 aromatic carbocycles. The second-order valence-electron chi connectivity index (χ2n) is 8.17. The van der Waals surface area contributed by atoms with E-state index >= 15 is 0 Å². The van der Waals surface area contributed by atoms with Gasteiger partial charge in [0.1, 0.15) is 5.82 Å². The van der Waals surface area contributed by atoms with Crippen LogP contribution in [0.25, 0.3) is 16.7 Å². The van der Waals surface area contributed by atoms with Gasteiger partial charge < -0.3 is 10.1 Å². The molecule has 0 spiro atoms. The van der Waals surface area contributed by atoms with E-state index in [9.17, 15) is 9.18 Å². The Balaban J connectivity index is 1.66. The number of halogens is 2. The number of carbonyl (C=O) groups is 1. The Kier molecular flexibility index (Phi) is 6.84. The number of aryl methyl sites for hydroxylation is 3. The summed E-state index contributed by atoms with van der Waals surface area (Å²) in [6.07, 6.45) is 0.633. The van der Waals surface area contributed by atoms with E-state index in [2.05, 4.69) is 11.4 Å². The number of hydrogen-bond acceptors (Lipinski definition) is 4. The van der Waals surface area contributed by atoms with Crippen LogP contribution in [0.4, 0.5) is 10.1 Å². The van der Waals surface area contributed by atoms with Crippen LogP contribution in [0.15, 0.2) is 42.5 Å². The maximum Gasteiger partial charge on any atom is 0.224 e. The molecule has 0 unspecified atom stereocenters. The van der Waals surface area contributed by atoms with Crippen molar-refractivity contribution in [3.05, 3.63) is 75.7 Å². The molecular formula is C26H26ClFN4O2. The number of fused-ring (bicyclic) bond motifs is 1. The Morgan fingerprint density at radius 1 is 1.18 bits per heavy atom. The van der Waals surface area contributed by atoms with Gasteiger partial charge in [0.25, 0.3) is 0 Å². The van der Waals surface area contributed by atoms with Crippen molar-refractivity contribution in [2.45, 2.75) is 40.5 Å². The van der Waals surface area contributed by atoms with Gasteiger partial charge in [-0.1, -0.05) is 23.7 Å². The lowest BCUT2D eigenvalue weighted by Gasteiger charge is -2.14. The summed E-state index contributed by atoms with van der Waals surface area (Å²) >= 11 is 5.81. The Hall–Kier alpha value is -3.45. The normalized spacial score (nSPS) is 11.1. The van der Waals surface area contributed by atoms with Crippen LogP contribution >= 0.6 is 11.6 Å². The number of rotatable bonds is 7. The van der Waals surface area contributed by atoms with Gasteiger partial charge in [-0.15, -0.1) is 0 Å². The van der Waals surface area contributed by atoms with Crippen LogP contribution in [-0.4, -0.2) is 27.3 Å². The quantitative estimate of drug-likeness (QED) is 0.346. The van der Waals surface area contributed by atoms with Crippen molar-refractivity contribution in [2.75, 3.05) is 11.9 Å². The molecule has 1 amide bonds. The van der Waals surface area contributed by atoms with E-state index in [-0.39, 0.29) is 17.4 Å². The number of nitrogens with zero attached hydrogens (tertiary/aromatic N) is 3. The number of aromatic nitrogens is 3. The minimum Gasteiger partial charge on any atom is -0.478 e. The van der Waals surface area contributed by atoms with E-state index in [1.54, 1.807) is 0 Å². The van der Waals surface area contributed by atoms with Gasteiger partial charge in [-0.2, -0.15) is 10.1 Å². The minimum absolute atomic E-state index is 0.0389. The van der Waals surface area contributed by atoms with Crippen molar-refractivity contribution < 1.29 is 13.9 Å². The molecule has 176 valence electrons. The van der Waals surface area contributed by atoms with Gasteiger partial charge in [0.05, 0.1) is 23.0 Å². The fourth-order valence-electron chi connectivity index (χ4n) is 4.06. The van der Waals surface area contributed by atoms with Gasteiger partial charge in [0, 0.05) is 23.1 Å². The molecule has 2 heterocycles. The van der Waals surface area contributed by atoms with Crippen LogP contribution in [0.2, 0.25) is 5.02 Å². The Bertz CT molecular complexity index is 1380. The smallest absolute Gasteiger partial charge is 0.224 e. The summed E-state index contributed by atoms with van der Waals surface area (Å²) in [4.78, 5) is 17.4. The third kappa shape index (κ3) is 4.75. The molecule has 4 rings (SSSR count). The van der Waals surface area contributed by atoms with E-state index in [0.29, 0.717) is 24.6 Å². The predicted octanol–water partition coefficient (Wildman–Crippen LogP) is 6.11. The van der Waals surface area contributed by atoms with Crippen LogP contribution in [0.3, 0.4) is 0 Å². The topological polar surface area (TPSA) is 69.0 Å². The maximum absolute atomic E-state index is 13.4. The van der Waals surface area contributed by atoms with E-state index in [4.69, 9.17) is 26.4 Å². The van der Waals surface area contributed by atoms with Crippen molar-refractivity contribution >= 4 is 34.2 Å². The highest BCUT2D eigenvalue weighted by Gasteiger charge is 2.21. The SMILES string of the molecule is CCOc1nc2c(c(C)nn2-c2cccc(C)c2)c(C)c1CCC(=O)Nc1ccc(F)c(Cl)c1. The molecule has 0 saturated heterocycles. The highest BCUT2D eigenvalue weighted by molar-refractivity contribution is 6.31. The van der Waals surface area contributed by atoms with Crippen LogP contribution in [0.1, 0.15) is 35.7 Å². The number of amides is 1. The first-order valence-corrected chi connectivity index (χ1v) is 11.5. The van der Waals surface area contributed by atoms with Gasteiger partial charge in [-0.05, 0) is 75.6 Å². The lowest BCUT2D eigenvalue weighted by Crippen LogP contribution is -2.13. The van der Waals surface area contributed by atoms with Crippen molar-refractivity contribution in [2.24, 2.45) is 0 Å². The fourth-order valence-corrected chi connectivity index (χ4v) is 4.24. The molecule has 4 aromatic rings. The Labute approximate surface area is 202 Å². The molecular weight excluding hydrogens is 455 g/mol. The van der Waals surface area contributed by atoms with Crippen molar-refractivity contribution in [1.82, 2.24) is 14.8 Å². The number of ether oxygens (including phenoxy) is 1. The number of nitrogens with one attached hydrogen (secondary N) is 1. The van der Waals surface area contributed by atoms with Gasteiger partial charge in [0.2, 0.25) is 11.8 Å². The Morgan fingerprint density at radius 3 is 2.68 bits per heavy atom.